The van der Waals surface area contributed by atoms with Crippen molar-refractivity contribution >= 4 is 35.2 Å². The molecule has 24 heavy (non-hydrogen) atoms. The molecule has 2 aliphatic heterocycles. The largest absolute Gasteiger partial charge is 0.387 e. The normalized spacial score (nSPS) is 20.0. The molecule has 1 aromatic rings. The zero-order valence-electron chi connectivity index (χ0n) is 12.4. The highest BCUT2D eigenvalue weighted by molar-refractivity contribution is 6.26. The first kappa shape index (κ1) is 15.8. The summed E-state index contributed by atoms with van der Waals surface area (Å²) in [7, 11) is 0. The third-order valence-corrected chi connectivity index (χ3v) is 3.89. The van der Waals surface area contributed by atoms with E-state index in [1.807, 2.05) is 0 Å². The van der Waals surface area contributed by atoms with E-state index in [2.05, 4.69) is 10.6 Å². The number of benzene rings is 1. The number of imide groups is 2. The summed E-state index contributed by atoms with van der Waals surface area (Å²) in [5, 5.41) is 13.3. The molecule has 3 N–H and O–H groups in total. The van der Waals surface area contributed by atoms with E-state index in [9.17, 15) is 24.0 Å². The number of aliphatic hydroxyl groups excluding tert-OH is 1. The Morgan fingerprint density at radius 3 is 2.67 bits per heavy atom. The van der Waals surface area contributed by atoms with Crippen LogP contribution in [0.25, 0.3) is 0 Å². The Bertz CT molecular complexity index is 787. The van der Waals surface area contributed by atoms with E-state index in [-0.39, 0.29) is 29.7 Å². The minimum atomic E-state index is -1.07. The first-order valence-electron chi connectivity index (χ1n) is 7.19. The molecule has 2 heterocycles. The van der Waals surface area contributed by atoms with E-state index >= 15 is 0 Å². The molecule has 0 saturated carbocycles. The maximum Gasteiger partial charge on any atom is 0.264 e. The van der Waals surface area contributed by atoms with Gasteiger partial charge < -0.3 is 10.4 Å². The zero-order valence-corrected chi connectivity index (χ0v) is 12.4. The predicted molar refractivity (Wildman–Crippen MR) is 78.8 cm³/mol. The van der Waals surface area contributed by atoms with Crippen LogP contribution in [-0.4, -0.2) is 52.2 Å². The highest BCUT2D eigenvalue weighted by atomic mass is 16.3. The third-order valence-electron chi connectivity index (χ3n) is 3.89. The number of piperidine rings is 1. The van der Waals surface area contributed by atoms with Gasteiger partial charge in [-0.3, -0.25) is 34.2 Å². The zero-order chi connectivity index (χ0) is 17.4. The molecule has 1 atom stereocenters. The molecule has 124 valence electrons. The van der Waals surface area contributed by atoms with Crippen molar-refractivity contribution in [3.8, 4) is 0 Å². The number of nitrogens with zero attached hydrogens (tertiary/aromatic N) is 1. The van der Waals surface area contributed by atoms with Gasteiger partial charge in [-0.25, -0.2) is 0 Å². The summed E-state index contributed by atoms with van der Waals surface area (Å²) in [5.41, 5.74) is 0.106. The number of anilines is 1. The number of rotatable bonds is 3. The minimum Gasteiger partial charge on any atom is -0.387 e. The van der Waals surface area contributed by atoms with Crippen LogP contribution in [0.2, 0.25) is 0 Å². The van der Waals surface area contributed by atoms with E-state index in [1.165, 1.54) is 18.2 Å². The molecule has 0 spiro atoms. The van der Waals surface area contributed by atoms with Crippen molar-refractivity contribution in [3.63, 3.8) is 0 Å². The third kappa shape index (κ3) is 2.44. The number of carbonyl (C=O) groups excluding carboxylic acids is 5. The highest BCUT2D eigenvalue weighted by Crippen LogP contribution is 2.32. The average Bonchev–Trinajstić information content (AvgIpc) is 2.80. The summed E-state index contributed by atoms with van der Waals surface area (Å²) in [6, 6.07) is 3.24. The van der Waals surface area contributed by atoms with Crippen molar-refractivity contribution in [1.82, 2.24) is 10.2 Å². The molecule has 2 aliphatic rings. The summed E-state index contributed by atoms with van der Waals surface area (Å²) >= 11 is 0. The molecule has 1 saturated heterocycles. The lowest BCUT2D eigenvalue weighted by atomic mass is 10.0. The molecule has 1 fully saturated rings. The minimum absolute atomic E-state index is 0.0257. The van der Waals surface area contributed by atoms with E-state index in [0.717, 1.165) is 4.90 Å². The monoisotopic (exact) mass is 331 g/mol. The van der Waals surface area contributed by atoms with E-state index in [0.29, 0.717) is 0 Å². The van der Waals surface area contributed by atoms with Crippen LogP contribution in [0.3, 0.4) is 0 Å². The Balaban J connectivity index is 1.97. The van der Waals surface area contributed by atoms with Gasteiger partial charge in [0.2, 0.25) is 17.7 Å². The van der Waals surface area contributed by atoms with Gasteiger partial charge in [-0.15, -0.1) is 0 Å². The fourth-order valence-corrected chi connectivity index (χ4v) is 2.81. The predicted octanol–water partition coefficient (Wildman–Crippen LogP) is -0.981. The Labute approximate surface area is 135 Å². The lowest BCUT2D eigenvalue weighted by Crippen LogP contribution is -2.54. The van der Waals surface area contributed by atoms with Crippen LogP contribution in [0.1, 0.15) is 33.6 Å². The Morgan fingerprint density at radius 2 is 2.00 bits per heavy atom. The van der Waals surface area contributed by atoms with Crippen LogP contribution >= 0.6 is 0 Å². The molecule has 0 aromatic heterocycles. The molecule has 5 amide bonds. The molecular weight excluding hydrogens is 318 g/mol. The van der Waals surface area contributed by atoms with Crippen molar-refractivity contribution in [2.24, 2.45) is 0 Å². The summed E-state index contributed by atoms with van der Waals surface area (Å²) in [6.07, 6.45) is 0.0758. The maximum atomic E-state index is 12.7. The van der Waals surface area contributed by atoms with Crippen molar-refractivity contribution in [2.45, 2.75) is 18.9 Å². The average molecular weight is 331 g/mol. The van der Waals surface area contributed by atoms with Gasteiger partial charge in [0.25, 0.3) is 11.8 Å². The summed E-state index contributed by atoms with van der Waals surface area (Å²) in [5.74, 6) is -3.28. The van der Waals surface area contributed by atoms with Crippen LogP contribution in [0, 0.1) is 0 Å². The first-order valence-corrected chi connectivity index (χ1v) is 7.19. The molecule has 0 bridgehead atoms. The molecule has 9 heteroatoms. The molecule has 0 radical (unpaired) electrons. The van der Waals surface area contributed by atoms with Crippen molar-refractivity contribution in [2.75, 3.05) is 11.9 Å². The topological polar surface area (TPSA) is 133 Å². The van der Waals surface area contributed by atoms with Crippen LogP contribution in [0.4, 0.5) is 5.69 Å². The SMILES string of the molecule is O=C1CCC(N2C(=O)c3cccc(NC(=O)CO)c3C2=O)C(=O)N1. The first-order chi connectivity index (χ1) is 11.4. The van der Waals surface area contributed by atoms with Crippen molar-refractivity contribution in [1.29, 1.82) is 0 Å². The molecule has 1 unspecified atom stereocenters. The number of fused-ring (bicyclic) bond motifs is 1. The molecule has 0 aliphatic carbocycles. The quantitative estimate of drug-likeness (QED) is 0.610. The van der Waals surface area contributed by atoms with Gasteiger partial charge in [0.05, 0.1) is 16.8 Å². The molecule has 1 aromatic carbocycles. The summed E-state index contributed by atoms with van der Waals surface area (Å²) in [6.45, 7) is -0.775. The number of nitrogens with one attached hydrogen (secondary N) is 2. The lowest BCUT2D eigenvalue weighted by Gasteiger charge is -2.27. The van der Waals surface area contributed by atoms with E-state index < -0.39 is 42.2 Å². The summed E-state index contributed by atoms with van der Waals surface area (Å²) in [4.78, 5) is 60.5. The molecular formula is C15H13N3O6. The fourth-order valence-electron chi connectivity index (χ4n) is 2.81. The van der Waals surface area contributed by atoms with Crippen LogP contribution in [0.15, 0.2) is 18.2 Å². The van der Waals surface area contributed by atoms with Gasteiger partial charge in [-0.05, 0) is 18.6 Å². The van der Waals surface area contributed by atoms with Crippen molar-refractivity contribution in [3.05, 3.63) is 29.3 Å². The van der Waals surface area contributed by atoms with E-state index in [4.69, 9.17) is 5.11 Å². The molecule has 9 nitrogen and oxygen atoms in total. The number of hydrogen-bond donors (Lipinski definition) is 3. The molecule has 3 rings (SSSR count). The summed E-state index contributed by atoms with van der Waals surface area (Å²) < 4.78 is 0. The van der Waals surface area contributed by atoms with Gasteiger partial charge in [0.1, 0.15) is 12.6 Å². The van der Waals surface area contributed by atoms with Gasteiger partial charge in [-0.1, -0.05) is 6.07 Å². The number of hydrogen-bond acceptors (Lipinski definition) is 6. The smallest absolute Gasteiger partial charge is 0.264 e. The standard InChI is InChI=1S/C15H13N3O6/c19-6-11(21)16-8-3-1-2-7-12(8)15(24)18(14(7)23)9-4-5-10(20)17-13(9)22/h1-3,9,19H,4-6H2,(H,16,21)(H,17,20,22). The lowest BCUT2D eigenvalue weighted by molar-refractivity contribution is -0.136. The Morgan fingerprint density at radius 1 is 1.25 bits per heavy atom. The van der Waals surface area contributed by atoms with Crippen LogP contribution in [-0.2, 0) is 14.4 Å². The van der Waals surface area contributed by atoms with Crippen molar-refractivity contribution < 1.29 is 29.1 Å². The van der Waals surface area contributed by atoms with Crippen LogP contribution in [0.5, 0.6) is 0 Å². The highest BCUT2D eigenvalue weighted by Gasteiger charge is 2.45. The number of amides is 5. The van der Waals surface area contributed by atoms with E-state index in [1.54, 1.807) is 0 Å². The number of carbonyl (C=O) groups is 5. The van der Waals surface area contributed by atoms with Gasteiger partial charge in [-0.2, -0.15) is 0 Å². The second kappa shape index (κ2) is 5.85. The maximum absolute atomic E-state index is 12.7. The second-order valence-corrected chi connectivity index (χ2v) is 5.38. The van der Waals surface area contributed by atoms with Gasteiger partial charge in [0.15, 0.2) is 0 Å². The Kier molecular flexibility index (Phi) is 3.86. The number of aliphatic hydroxyl groups is 1. The van der Waals surface area contributed by atoms with Crippen LogP contribution < -0.4 is 10.6 Å². The fraction of sp³-hybridized carbons (Fsp3) is 0.267. The van der Waals surface area contributed by atoms with Gasteiger partial charge >= 0.3 is 0 Å². The Hall–Kier alpha value is -3.07. The second-order valence-electron chi connectivity index (χ2n) is 5.38. The van der Waals surface area contributed by atoms with Gasteiger partial charge in [0, 0.05) is 6.42 Å².